The molecule has 0 N–H and O–H groups in total. The minimum absolute atomic E-state index is 0.970. The van der Waals surface area contributed by atoms with Crippen LogP contribution in [0.25, 0.3) is 0 Å². The molecule has 0 heterocycles. The highest BCUT2D eigenvalue weighted by atomic mass is 127. The Kier molecular flexibility index (Phi) is 2.54. The predicted molar refractivity (Wildman–Crippen MR) is 56.8 cm³/mol. The van der Waals surface area contributed by atoms with E-state index >= 15 is 0 Å². The van der Waals surface area contributed by atoms with Gasteiger partial charge in [-0.05, 0) is 63.7 Å². The van der Waals surface area contributed by atoms with Gasteiger partial charge in [0.15, 0.2) is 0 Å². The molecule has 1 fully saturated rings. The second-order valence-corrected chi connectivity index (χ2v) is 5.06. The van der Waals surface area contributed by atoms with Crippen molar-refractivity contribution >= 4 is 22.6 Å². The van der Waals surface area contributed by atoms with Crippen molar-refractivity contribution in [2.24, 2.45) is 11.8 Å². The minimum Gasteiger partial charge on any atom is -0.0749 e. The van der Waals surface area contributed by atoms with Gasteiger partial charge in [-0.2, -0.15) is 0 Å². The van der Waals surface area contributed by atoms with Gasteiger partial charge in [-0.15, -0.1) is 0 Å². The van der Waals surface area contributed by atoms with Crippen molar-refractivity contribution in [3.63, 3.8) is 0 Å². The predicted octanol–water partition coefficient (Wildman–Crippen LogP) is 3.91. The van der Waals surface area contributed by atoms with E-state index in [2.05, 4.69) is 28.7 Å². The Morgan fingerprint density at radius 1 is 1.18 bits per heavy atom. The molecule has 2 aliphatic carbocycles. The summed E-state index contributed by atoms with van der Waals surface area (Å²) in [6, 6.07) is 0. The summed E-state index contributed by atoms with van der Waals surface area (Å²) in [6.45, 7) is 0. The molecule has 1 saturated carbocycles. The first-order valence-corrected chi connectivity index (χ1v) is 5.81. The van der Waals surface area contributed by atoms with Crippen LogP contribution >= 0.6 is 22.6 Å². The van der Waals surface area contributed by atoms with Gasteiger partial charge < -0.3 is 0 Å². The summed E-state index contributed by atoms with van der Waals surface area (Å²) in [4.78, 5) is 0. The van der Waals surface area contributed by atoms with Crippen LogP contribution in [-0.2, 0) is 0 Å². The summed E-state index contributed by atoms with van der Waals surface area (Å²) in [5.74, 6) is 2.03. The van der Waals surface area contributed by atoms with E-state index in [1.165, 1.54) is 38.5 Å². The molecule has 2 aliphatic rings. The molecule has 0 aromatic heterocycles. The van der Waals surface area contributed by atoms with E-state index in [4.69, 9.17) is 0 Å². The molecule has 62 valence electrons. The van der Waals surface area contributed by atoms with Gasteiger partial charge in [0.05, 0.1) is 0 Å². The Balaban J connectivity index is 2.11. The summed E-state index contributed by atoms with van der Waals surface area (Å²) >= 11 is 2.55. The van der Waals surface area contributed by atoms with Crippen LogP contribution in [0.1, 0.15) is 38.5 Å². The van der Waals surface area contributed by atoms with Gasteiger partial charge in [-0.1, -0.05) is 18.9 Å². The molecule has 2 rings (SSSR count). The molecule has 0 radical (unpaired) electrons. The molecular formula is C10H15I. The molecule has 0 saturated heterocycles. The number of halogens is 1. The van der Waals surface area contributed by atoms with E-state index in [0.29, 0.717) is 0 Å². The summed E-state index contributed by atoms with van der Waals surface area (Å²) in [6.07, 6.45) is 11.2. The van der Waals surface area contributed by atoms with Crippen molar-refractivity contribution in [2.75, 3.05) is 0 Å². The van der Waals surface area contributed by atoms with E-state index in [-0.39, 0.29) is 0 Å². The SMILES string of the molecule is IC1=CCC[C@H]2CCCC[C@H]12. The standard InChI is InChI=1S/C10H15I/c11-10-7-3-5-8-4-1-2-6-9(8)10/h7-9H,1-6H2/t8-,9+/m1/s1. The molecule has 2 atom stereocenters. The van der Waals surface area contributed by atoms with Crippen LogP contribution in [0.3, 0.4) is 0 Å². The van der Waals surface area contributed by atoms with Gasteiger partial charge >= 0.3 is 0 Å². The van der Waals surface area contributed by atoms with Gasteiger partial charge in [0.25, 0.3) is 0 Å². The fraction of sp³-hybridized carbons (Fsp3) is 0.800. The Labute approximate surface area is 82.6 Å². The average Bonchev–Trinajstić information content (AvgIpc) is 2.06. The zero-order valence-electron chi connectivity index (χ0n) is 6.85. The van der Waals surface area contributed by atoms with E-state index in [1.54, 1.807) is 3.58 Å². The van der Waals surface area contributed by atoms with Crippen molar-refractivity contribution < 1.29 is 0 Å². The third-order valence-corrected chi connectivity index (χ3v) is 4.38. The Morgan fingerprint density at radius 3 is 2.82 bits per heavy atom. The van der Waals surface area contributed by atoms with E-state index in [9.17, 15) is 0 Å². The monoisotopic (exact) mass is 262 g/mol. The molecule has 0 spiro atoms. The number of fused-ring (bicyclic) bond motifs is 1. The lowest BCUT2D eigenvalue weighted by Crippen LogP contribution is -2.21. The number of allylic oxidation sites excluding steroid dienone is 2. The van der Waals surface area contributed by atoms with Gasteiger partial charge in [0.2, 0.25) is 0 Å². The fourth-order valence-electron chi connectivity index (χ4n) is 2.50. The van der Waals surface area contributed by atoms with E-state index in [1.807, 2.05) is 0 Å². The number of rotatable bonds is 0. The van der Waals surface area contributed by atoms with Crippen molar-refractivity contribution in [1.29, 1.82) is 0 Å². The van der Waals surface area contributed by atoms with Gasteiger partial charge in [-0.3, -0.25) is 0 Å². The highest BCUT2D eigenvalue weighted by Gasteiger charge is 2.28. The van der Waals surface area contributed by atoms with Gasteiger partial charge in [0, 0.05) is 0 Å². The Hall–Kier alpha value is 0.470. The Bertz CT molecular complexity index is 172. The van der Waals surface area contributed by atoms with Crippen LogP contribution in [0.15, 0.2) is 9.66 Å². The zero-order chi connectivity index (χ0) is 7.68. The third kappa shape index (κ3) is 1.63. The zero-order valence-corrected chi connectivity index (χ0v) is 9.01. The smallest absolute Gasteiger partial charge is 0.00786 e. The normalized spacial score (nSPS) is 37.7. The summed E-state index contributed by atoms with van der Waals surface area (Å²) < 4.78 is 1.67. The van der Waals surface area contributed by atoms with Crippen molar-refractivity contribution in [3.8, 4) is 0 Å². The molecular weight excluding hydrogens is 247 g/mol. The molecule has 1 heteroatoms. The van der Waals surface area contributed by atoms with Crippen molar-refractivity contribution in [2.45, 2.75) is 38.5 Å². The van der Waals surface area contributed by atoms with Crippen molar-refractivity contribution in [3.05, 3.63) is 9.66 Å². The van der Waals surface area contributed by atoms with Gasteiger partial charge in [0.1, 0.15) is 0 Å². The number of hydrogen-bond donors (Lipinski definition) is 0. The van der Waals surface area contributed by atoms with Crippen LogP contribution in [0.2, 0.25) is 0 Å². The third-order valence-electron chi connectivity index (χ3n) is 3.14. The maximum atomic E-state index is 2.55. The second-order valence-electron chi connectivity index (χ2n) is 3.82. The Morgan fingerprint density at radius 2 is 2.00 bits per heavy atom. The van der Waals surface area contributed by atoms with Gasteiger partial charge in [-0.25, -0.2) is 0 Å². The topological polar surface area (TPSA) is 0 Å². The van der Waals surface area contributed by atoms with Crippen LogP contribution in [-0.4, -0.2) is 0 Å². The molecule has 0 aliphatic heterocycles. The molecule has 0 bridgehead atoms. The molecule has 0 nitrogen and oxygen atoms in total. The maximum Gasteiger partial charge on any atom is -0.00786 e. The summed E-state index contributed by atoms with van der Waals surface area (Å²) in [5, 5.41) is 0. The summed E-state index contributed by atoms with van der Waals surface area (Å²) in [7, 11) is 0. The molecule has 0 unspecified atom stereocenters. The summed E-state index contributed by atoms with van der Waals surface area (Å²) in [5.41, 5.74) is 0. The van der Waals surface area contributed by atoms with Crippen LogP contribution in [0.5, 0.6) is 0 Å². The molecule has 0 aromatic carbocycles. The largest absolute Gasteiger partial charge is 0.0749 e. The van der Waals surface area contributed by atoms with E-state index < -0.39 is 0 Å². The minimum atomic E-state index is 0.970. The maximum absolute atomic E-state index is 2.55. The van der Waals surface area contributed by atoms with Crippen LogP contribution in [0.4, 0.5) is 0 Å². The molecule has 0 aromatic rings. The van der Waals surface area contributed by atoms with Crippen LogP contribution < -0.4 is 0 Å². The second kappa shape index (κ2) is 3.46. The van der Waals surface area contributed by atoms with Crippen LogP contribution in [0, 0.1) is 11.8 Å². The van der Waals surface area contributed by atoms with Crippen molar-refractivity contribution in [1.82, 2.24) is 0 Å². The first-order chi connectivity index (χ1) is 5.38. The number of hydrogen-bond acceptors (Lipinski definition) is 0. The highest BCUT2D eigenvalue weighted by Crippen LogP contribution is 2.43. The lowest BCUT2D eigenvalue weighted by molar-refractivity contribution is 0.258. The molecule has 0 amide bonds. The lowest BCUT2D eigenvalue weighted by atomic mass is 9.74. The first kappa shape index (κ1) is 8.09. The quantitative estimate of drug-likeness (QED) is 0.581. The lowest BCUT2D eigenvalue weighted by Gasteiger charge is -2.34. The highest BCUT2D eigenvalue weighted by molar-refractivity contribution is 14.1. The molecule has 11 heavy (non-hydrogen) atoms. The first-order valence-electron chi connectivity index (χ1n) is 4.73. The fourth-order valence-corrected chi connectivity index (χ4v) is 3.63. The average molecular weight is 262 g/mol. The van der Waals surface area contributed by atoms with E-state index in [0.717, 1.165) is 11.8 Å².